The topological polar surface area (TPSA) is 211 Å². The third-order valence-corrected chi connectivity index (χ3v) is 15.6. The Morgan fingerprint density at radius 2 is 1.58 bits per heavy atom. The predicted molar refractivity (Wildman–Crippen MR) is 296 cm³/mol. The minimum atomic E-state index is -0.963. The van der Waals surface area contributed by atoms with Gasteiger partial charge in [-0.2, -0.15) is 0 Å². The van der Waals surface area contributed by atoms with E-state index >= 15 is 0 Å². The molecule has 6 aromatic rings. The fraction of sp³-hybridized carbons (Fsp3) is 0.404. The number of aryl methyl sites for hydroxylation is 3. The zero-order valence-electron chi connectivity index (χ0n) is 44.2. The lowest BCUT2D eigenvalue weighted by Crippen LogP contribution is -2.58. The van der Waals surface area contributed by atoms with Gasteiger partial charge in [0.05, 0.1) is 40.9 Å². The standard InChI is InChI=1S/C57H67N9O8S2/c1-9-38-12-16-40(17-13-38)50-49-34(2)36(4)76-56(49)66-37(5)63-64-53(66)45(61-50)29-47(68)60-42-20-22-44(23-21-42)74-27-11-25-72-24-10-26-73-32-48(69)62-52(57(6,7)8)55(71)65-31-43(67)28-46(65)54(70)58-30-39-14-18-41(19-15-39)51-35(3)59-33-75-51/h9,12-23,33,43,45-46,52,67H,1,10-11,24-32H2,2-8H3,(H,58,70)(H,60,68)(H,62,69)/t43-,45?,46+,52-/m1/s1. The Labute approximate surface area is 451 Å². The zero-order valence-corrected chi connectivity index (χ0v) is 45.8. The summed E-state index contributed by atoms with van der Waals surface area (Å²) in [5.74, 6) is 0.514. The van der Waals surface area contributed by atoms with E-state index in [-0.39, 0.29) is 51.0 Å². The van der Waals surface area contributed by atoms with Gasteiger partial charge in [0.2, 0.25) is 23.6 Å². The van der Waals surface area contributed by atoms with Gasteiger partial charge in [0.25, 0.3) is 0 Å². The lowest BCUT2D eigenvalue weighted by molar-refractivity contribution is -0.144. The van der Waals surface area contributed by atoms with Crippen molar-refractivity contribution in [1.82, 2.24) is 35.3 Å². The summed E-state index contributed by atoms with van der Waals surface area (Å²) in [5.41, 5.74) is 9.56. The van der Waals surface area contributed by atoms with Crippen LogP contribution in [0.4, 0.5) is 5.69 Å². The molecule has 5 heterocycles. The number of β-amino-alcohol motifs (C(OH)–C–C–N with tert-alkyl or cyclic N) is 1. The molecule has 4 atom stereocenters. The van der Waals surface area contributed by atoms with Gasteiger partial charge in [0.15, 0.2) is 5.82 Å². The first-order chi connectivity index (χ1) is 36.5. The molecule has 0 aliphatic carbocycles. The molecule has 3 aromatic carbocycles. The van der Waals surface area contributed by atoms with Crippen molar-refractivity contribution in [1.29, 1.82) is 0 Å². The predicted octanol–water partition coefficient (Wildman–Crippen LogP) is 8.25. The molecule has 0 bridgehead atoms. The van der Waals surface area contributed by atoms with E-state index in [4.69, 9.17) is 19.2 Å². The van der Waals surface area contributed by atoms with Crippen molar-refractivity contribution in [2.75, 3.05) is 44.9 Å². The molecule has 2 aliphatic rings. The van der Waals surface area contributed by atoms with Crippen LogP contribution in [0.3, 0.4) is 0 Å². The average molecular weight is 1070 g/mol. The first-order valence-corrected chi connectivity index (χ1v) is 27.2. The van der Waals surface area contributed by atoms with Gasteiger partial charge in [-0.3, -0.25) is 28.7 Å². The molecule has 2 aliphatic heterocycles. The van der Waals surface area contributed by atoms with Crippen LogP contribution in [0.2, 0.25) is 0 Å². The number of benzene rings is 3. The Morgan fingerprint density at radius 3 is 2.26 bits per heavy atom. The van der Waals surface area contributed by atoms with Crippen molar-refractivity contribution >= 4 is 63.8 Å². The van der Waals surface area contributed by atoms with E-state index in [2.05, 4.69) is 51.6 Å². The lowest BCUT2D eigenvalue weighted by atomic mass is 9.85. The van der Waals surface area contributed by atoms with Crippen molar-refractivity contribution in [2.45, 2.75) is 105 Å². The number of hydrogen-bond acceptors (Lipinski definition) is 14. The van der Waals surface area contributed by atoms with E-state index in [1.54, 1.807) is 34.8 Å². The highest BCUT2D eigenvalue weighted by Gasteiger charge is 2.44. The number of aromatic nitrogens is 4. The van der Waals surface area contributed by atoms with Gasteiger partial charge in [0, 0.05) is 67.4 Å². The number of carbonyl (C=O) groups is 4. The largest absolute Gasteiger partial charge is 0.494 e. The van der Waals surface area contributed by atoms with E-state index in [9.17, 15) is 24.3 Å². The number of amides is 4. The highest BCUT2D eigenvalue weighted by Crippen LogP contribution is 2.40. The Morgan fingerprint density at radius 1 is 0.882 bits per heavy atom. The molecule has 3 aromatic heterocycles. The Bertz CT molecular complexity index is 3050. The van der Waals surface area contributed by atoms with E-state index in [1.807, 2.05) is 111 Å². The molecule has 76 heavy (non-hydrogen) atoms. The molecule has 8 rings (SSSR count). The fourth-order valence-corrected chi connectivity index (χ4v) is 11.2. The van der Waals surface area contributed by atoms with E-state index in [0.29, 0.717) is 49.9 Å². The fourth-order valence-electron chi connectivity index (χ4n) is 9.19. The van der Waals surface area contributed by atoms with Crippen molar-refractivity contribution in [3.8, 4) is 21.2 Å². The molecule has 1 unspecified atom stereocenters. The van der Waals surface area contributed by atoms with Crippen molar-refractivity contribution in [3.05, 3.63) is 135 Å². The number of anilines is 1. The molecule has 4 amide bonds. The summed E-state index contributed by atoms with van der Waals surface area (Å²) in [6, 6.07) is 20.8. The number of aliphatic hydroxyl groups is 1. The number of likely N-dealkylation sites (tertiary alicyclic amines) is 1. The smallest absolute Gasteiger partial charge is 0.246 e. The summed E-state index contributed by atoms with van der Waals surface area (Å²) < 4.78 is 19.4. The maximum Gasteiger partial charge on any atom is 0.246 e. The summed E-state index contributed by atoms with van der Waals surface area (Å²) in [6.07, 6.45) is 2.28. The van der Waals surface area contributed by atoms with Crippen molar-refractivity contribution in [3.63, 3.8) is 0 Å². The van der Waals surface area contributed by atoms with Gasteiger partial charge in [-0.1, -0.05) is 82.0 Å². The summed E-state index contributed by atoms with van der Waals surface area (Å²) in [5, 5.41) is 29.3. The molecule has 1 fully saturated rings. The Kier molecular flexibility index (Phi) is 18.1. The van der Waals surface area contributed by atoms with E-state index in [0.717, 1.165) is 60.5 Å². The molecule has 1 saturated heterocycles. The molecule has 19 heteroatoms. The maximum atomic E-state index is 14.0. The quantitative estimate of drug-likeness (QED) is 0.0476. The molecule has 400 valence electrons. The van der Waals surface area contributed by atoms with Gasteiger partial charge >= 0.3 is 0 Å². The number of carbonyl (C=O) groups excluding carboxylic acids is 4. The second-order valence-electron chi connectivity index (χ2n) is 20.2. The van der Waals surface area contributed by atoms with Crippen LogP contribution in [0, 0.1) is 33.1 Å². The normalized spacial score (nSPS) is 16.5. The molecule has 0 spiro atoms. The zero-order chi connectivity index (χ0) is 54.1. The number of hydrogen-bond donors (Lipinski definition) is 4. The Balaban J connectivity index is 0.726. The van der Waals surface area contributed by atoms with Crippen LogP contribution >= 0.6 is 22.7 Å². The molecular formula is C57H67N9O8S2. The number of thiophene rings is 1. The third kappa shape index (κ3) is 13.4. The first-order valence-electron chi connectivity index (χ1n) is 25.6. The van der Waals surface area contributed by atoms with Crippen LogP contribution in [-0.4, -0.2) is 117 Å². The lowest BCUT2D eigenvalue weighted by Gasteiger charge is -2.35. The van der Waals surface area contributed by atoms with Crippen LogP contribution < -0.4 is 20.7 Å². The molecule has 0 radical (unpaired) electrons. The van der Waals surface area contributed by atoms with Crippen LogP contribution in [0.15, 0.2) is 89.9 Å². The number of rotatable bonds is 22. The number of aliphatic hydroxyl groups excluding tert-OH is 1. The van der Waals surface area contributed by atoms with E-state index in [1.165, 1.54) is 9.78 Å². The summed E-state index contributed by atoms with van der Waals surface area (Å²) in [6.45, 7) is 19.0. The van der Waals surface area contributed by atoms with Gasteiger partial charge in [0.1, 0.15) is 41.3 Å². The third-order valence-electron chi connectivity index (χ3n) is 13.4. The number of aliphatic imine (C=N–C) groups is 1. The summed E-state index contributed by atoms with van der Waals surface area (Å²) >= 11 is 3.24. The van der Waals surface area contributed by atoms with E-state index < -0.39 is 41.5 Å². The Hall–Kier alpha value is -6.90. The number of ether oxygens (including phenoxy) is 3. The van der Waals surface area contributed by atoms with Crippen LogP contribution in [0.1, 0.15) is 103 Å². The minimum absolute atomic E-state index is 0.0169. The monoisotopic (exact) mass is 1070 g/mol. The van der Waals surface area contributed by atoms with Crippen molar-refractivity contribution in [2.24, 2.45) is 10.4 Å². The second-order valence-corrected chi connectivity index (χ2v) is 22.2. The number of nitrogens with one attached hydrogen (secondary N) is 3. The summed E-state index contributed by atoms with van der Waals surface area (Å²) in [4.78, 5) is 67.4. The van der Waals surface area contributed by atoms with Crippen molar-refractivity contribution < 1.29 is 38.5 Å². The first kappa shape index (κ1) is 55.3. The highest BCUT2D eigenvalue weighted by molar-refractivity contribution is 7.15. The van der Waals surface area contributed by atoms with Gasteiger partial charge < -0.3 is 40.2 Å². The number of thiazole rings is 1. The second kappa shape index (κ2) is 24.8. The van der Waals surface area contributed by atoms with Crippen LogP contribution in [0.5, 0.6) is 5.75 Å². The maximum absolute atomic E-state index is 14.0. The van der Waals surface area contributed by atoms with Gasteiger partial charge in [-0.15, -0.1) is 32.9 Å². The SMILES string of the molecule is C=Cc1ccc(C2=NC(CC(=O)Nc3ccc(OCCCOCCCOCC(=O)N[C@H](C(=O)N4C[C@H](O)C[C@H]4C(=O)NCc4ccc(-c5scnc5C)cc4)C(C)(C)C)cc3)c3nnc(C)n3-c3sc(C)c(C)c32)cc1. The summed E-state index contributed by atoms with van der Waals surface area (Å²) in [7, 11) is 0. The van der Waals surface area contributed by atoms with Crippen LogP contribution in [0.25, 0.3) is 21.5 Å². The minimum Gasteiger partial charge on any atom is -0.494 e. The highest BCUT2D eigenvalue weighted by atomic mass is 32.1. The average Bonchev–Trinajstić information content (AvgIpc) is 4.19. The van der Waals surface area contributed by atoms with Crippen LogP contribution in [-0.2, 0) is 35.2 Å². The molecule has 17 nitrogen and oxygen atoms in total. The van der Waals surface area contributed by atoms with Gasteiger partial charge in [-0.25, -0.2) is 4.98 Å². The van der Waals surface area contributed by atoms with Gasteiger partial charge in [-0.05, 0) is 86.1 Å². The number of fused-ring (bicyclic) bond motifs is 3. The molecule has 0 saturated carbocycles. The number of nitrogens with zero attached hydrogens (tertiary/aromatic N) is 6. The molecule has 4 N–H and O–H groups in total. The molecular weight excluding hydrogens is 1000 g/mol.